The van der Waals surface area contributed by atoms with Crippen molar-refractivity contribution in [2.75, 3.05) is 6.67 Å². The van der Waals surface area contributed by atoms with Crippen LogP contribution in [0.1, 0.15) is 34.1 Å². The second kappa shape index (κ2) is 11.9. The number of hydrogen-bond acceptors (Lipinski definition) is 6. The van der Waals surface area contributed by atoms with Gasteiger partial charge < -0.3 is 15.2 Å². The summed E-state index contributed by atoms with van der Waals surface area (Å²) in [5.74, 6) is -2.55. The normalized spacial score (nSPS) is 12.5. The number of nitrogens with zero attached hydrogens (tertiary/aromatic N) is 2. The van der Waals surface area contributed by atoms with Crippen molar-refractivity contribution in [3.63, 3.8) is 0 Å². The van der Waals surface area contributed by atoms with Gasteiger partial charge in [0.25, 0.3) is 5.91 Å². The van der Waals surface area contributed by atoms with Gasteiger partial charge in [-0.15, -0.1) is 0 Å². The van der Waals surface area contributed by atoms with Crippen molar-refractivity contribution in [1.82, 2.24) is 14.9 Å². The number of carbonyl (C=O) groups is 4. The lowest BCUT2D eigenvalue weighted by Crippen LogP contribution is -2.47. The van der Waals surface area contributed by atoms with Crippen molar-refractivity contribution < 1.29 is 33.4 Å². The zero-order valence-corrected chi connectivity index (χ0v) is 19.4. The second-order valence-electron chi connectivity index (χ2n) is 8.26. The van der Waals surface area contributed by atoms with Crippen LogP contribution in [0.4, 0.5) is 9.18 Å². The van der Waals surface area contributed by atoms with Gasteiger partial charge in [0.2, 0.25) is 0 Å². The molecular weight excluding hydrogens is 445 g/mol. The molecule has 2 N–H and O–H groups in total. The first-order chi connectivity index (χ1) is 16.1. The third kappa shape index (κ3) is 6.60. The summed E-state index contributed by atoms with van der Waals surface area (Å²) in [6.07, 6.45) is 0.132. The maximum absolute atomic E-state index is 12.8. The molecule has 0 fully saturated rings. The number of Topliss-reactive ketones (excluding diaryl/α,β-unsaturated/α-hetero) is 1. The number of ether oxygens (including phenoxy) is 1. The number of fused-ring (bicyclic) bond motifs is 3. The number of benzene rings is 1. The van der Waals surface area contributed by atoms with Crippen LogP contribution >= 0.6 is 0 Å². The van der Waals surface area contributed by atoms with Gasteiger partial charge in [-0.2, -0.15) is 0 Å². The van der Waals surface area contributed by atoms with E-state index in [4.69, 9.17) is 9.84 Å². The Labute approximate surface area is 195 Å². The molecule has 2 unspecified atom stereocenters. The van der Waals surface area contributed by atoms with Crippen LogP contribution in [0, 0.1) is 5.92 Å². The Balaban J connectivity index is 0.000000945. The van der Waals surface area contributed by atoms with E-state index in [1.165, 1.54) is 17.7 Å². The fraction of sp³-hybridized carbons (Fsp3) is 0.375. The number of rotatable bonds is 7. The smallest absolute Gasteiger partial charge is 0.419 e. The molecule has 0 bridgehead atoms. The summed E-state index contributed by atoms with van der Waals surface area (Å²) in [5.41, 5.74) is 1.08. The number of para-hydroxylation sites is 1. The van der Waals surface area contributed by atoms with E-state index in [9.17, 15) is 23.6 Å². The summed E-state index contributed by atoms with van der Waals surface area (Å²) in [4.78, 5) is 51.6. The largest absolute Gasteiger partial charge is 0.481 e. The first kappa shape index (κ1) is 26.4. The lowest BCUT2D eigenvalue weighted by molar-refractivity contribution is -0.141. The lowest BCUT2D eigenvalue weighted by Gasteiger charge is -2.18. The summed E-state index contributed by atoms with van der Waals surface area (Å²) in [6.45, 7) is 6.34. The zero-order valence-electron chi connectivity index (χ0n) is 19.4. The second-order valence-corrected chi connectivity index (χ2v) is 8.26. The van der Waals surface area contributed by atoms with Crippen molar-refractivity contribution >= 4 is 45.6 Å². The first-order valence-corrected chi connectivity index (χ1v) is 10.7. The number of carboxylic acids is 1. The van der Waals surface area contributed by atoms with E-state index in [1.54, 1.807) is 24.4 Å². The molecule has 0 spiro atoms. The number of amides is 1. The fourth-order valence-electron chi connectivity index (χ4n) is 3.07. The number of ketones is 1. The van der Waals surface area contributed by atoms with Crippen LogP contribution < -0.4 is 5.32 Å². The van der Waals surface area contributed by atoms with E-state index in [-0.39, 0.29) is 0 Å². The molecule has 10 heteroatoms. The number of carbonyl (C=O) groups excluding carboxylic acids is 3. The predicted molar refractivity (Wildman–Crippen MR) is 124 cm³/mol. The molecule has 0 saturated carbocycles. The molecule has 0 radical (unpaired) electrons. The Morgan fingerprint density at radius 2 is 1.68 bits per heavy atom. The topological polar surface area (TPSA) is 128 Å². The third-order valence-electron chi connectivity index (χ3n) is 4.52. The summed E-state index contributed by atoms with van der Waals surface area (Å²) >= 11 is 0. The van der Waals surface area contributed by atoms with Gasteiger partial charge in [-0.25, -0.2) is 13.8 Å². The summed E-state index contributed by atoms with van der Waals surface area (Å²) in [7, 11) is 0. The van der Waals surface area contributed by atoms with Crippen LogP contribution in [0.5, 0.6) is 0 Å². The summed E-state index contributed by atoms with van der Waals surface area (Å²) < 4.78 is 19.2. The average Bonchev–Trinajstić information content (AvgIpc) is 3.12. The van der Waals surface area contributed by atoms with E-state index in [2.05, 4.69) is 31.1 Å². The average molecular weight is 474 g/mol. The minimum atomic E-state index is -1.56. The van der Waals surface area contributed by atoms with Gasteiger partial charge in [-0.05, 0) is 25.0 Å². The predicted octanol–water partition coefficient (Wildman–Crippen LogP) is 3.72. The van der Waals surface area contributed by atoms with Gasteiger partial charge in [0.15, 0.2) is 11.9 Å². The number of pyridine rings is 1. The van der Waals surface area contributed by atoms with Gasteiger partial charge in [-0.1, -0.05) is 39.0 Å². The first-order valence-electron chi connectivity index (χ1n) is 10.7. The Morgan fingerprint density at radius 3 is 2.29 bits per heavy atom. The minimum absolute atomic E-state index is 0.528. The number of carboxylic acid groups (broad SMARTS) is 1. The Morgan fingerprint density at radius 1 is 1.06 bits per heavy atom. The maximum Gasteiger partial charge on any atom is 0.419 e. The van der Waals surface area contributed by atoms with E-state index < -0.39 is 49.0 Å². The monoisotopic (exact) mass is 473 g/mol. The van der Waals surface area contributed by atoms with Crippen LogP contribution in [-0.4, -0.2) is 57.2 Å². The maximum atomic E-state index is 12.8. The summed E-state index contributed by atoms with van der Waals surface area (Å²) in [6, 6.07) is 7.16. The molecule has 0 aliphatic carbocycles. The van der Waals surface area contributed by atoms with Crippen LogP contribution in [-0.2, 0) is 19.1 Å². The minimum Gasteiger partial charge on any atom is -0.481 e. The van der Waals surface area contributed by atoms with Crippen LogP contribution in [0.25, 0.3) is 21.8 Å². The van der Waals surface area contributed by atoms with Gasteiger partial charge in [0.05, 0.1) is 17.5 Å². The lowest BCUT2D eigenvalue weighted by atomic mass is 10.1. The molecule has 0 aliphatic rings. The van der Waals surface area contributed by atoms with Gasteiger partial charge >= 0.3 is 12.1 Å². The number of nitrogens with one attached hydrogen (secondary N) is 1. The van der Waals surface area contributed by atoms with Crippen molar-refractivity contribution in [2.24, 2.45) is 5.92 Å². The third-order valence-corrected chi connectivity index (χ3v) is 4.52. The Bertz CT molecular complexity index is 1130. The zero-order chi connectivity index (χ0) is 25.4. The molecule has 0 saturated heterocycles. The molecule has 2 aromatic heterocycles. The quantitative estimate of drug-likeness (QED) is 0.535. The molecule has 3 rings (SSSR count). The molecule has 9 nitrogen and oxygen atoms in total. The SMILES string of the molecule is CC(C)C.CC(OC(=O)n1c2ccccc2c2cnccc21)C(=O)NC(CC(=O)O)C(=O)CF. The molecule has 182 valence electrons. The van der Waals surface area contributed by atoms with Gasteiger partial charge in [-0.3, -0.25) is 19.4 Å². The van der Waals surface area contributed by atoms with E-state index in [1.807, 2.05) is 12.1 Å². The molecule has 3 aromatic rings. The van der Waals surface area contributed by atoms with E-state index in [0.717, 1.165) is 16.7 Å². The number of aromatic nitrogens is 2. The Kier molecular flexibility index (Phi) is 9.23. The Hall–Kier alpha value is -3.82. The molecular formula is C24H28FN3O6. The molecule has 2 atom stereocenters. The van der Waals surface area contributed by atoms with Crippen molar-refractivity contribution in [1.29, 1.82) is 0 Å². The number of alkyl halides is 1. The highest BCUT2D eigenvalue weighted by molar-refractivity contribution is 6.12. The van der Waals surface area contributed by atoms with Crippen molar-refractivity contribution in [3.05, 3.63) is 42.7 Å². The highest BCUT2D eigenvalue weighted by Gasteiger charge is 2.28. The highest BCUT2D eigenvalue weighted by Crippen LogP contribution is 2.28. The number of hydrogen-bond donors (Lipinski definition) is 2. The fourth-order valence-corrected chi connectivity index (χ4v) is 3.07. The molecule has 34 heavy (non-hydrogen) atoms. The molecule has 0 aliphatic heterocycles. The number of aliphatic carboxylic acids is 1. The standard InChI is InChI=1S/C20H18FN3O6.C4H10/c1-11(19(28)23-14(8-18(26)27)17(25)9-21)30-20(29)24-15-5-3-2-4-12(15)13-10-22-7-6-16(13)24;1-4(2)3/h2-7,10-11,14H,8-9H2,1H3,(H,23,28)(H,26,27);4H,1-3H3. The van der Waals surface area contributed by atoms with Crippen molar-refractivity contribution in [3.8, 4) is 0 Å². The highest BCUT2D eigenvalue weighted by atomic mass is 19.1. The number of halogens is 1. The van der Waals surface area contributed by atoms with Gasteiger partial charge in [0.1, 0.15) is 12.7 Å². The molecule has 1 amide bonds. The van der Waals surface area contributed by atoms with Gasteiger partial charge in [0, 0.05) is 23.2 Å². The van der Waals surface area contributed by atoms with Crippen LogP contribution in [0.3, 0.4) is 0 Å². The molecule has 2 heterocycles. The molecule has 1 aromatic carbocycles. The van der Waals surface area contributed by atoms with E-state index >= 15 is 0 Å². The van der Waals surface area contributed by atoms with Crippen LogP contribution in [0.15, 0.2) is 42.7 Å². The van der Waals surface area contributed by atoms with E-state index in [0.29, 0.717) is 11.0 Å². The van der Waals surface area contributed by atoms with Crippen molar-refractivity contribution in [2.45, 2.75) is 46.3 Å². The summed E-state index contributed by atoms with van der Waals surface area (Å²) in [5, 5.41) is 12.4. The van der Waals surface area contributed by atoms with Crippen LogP contribution in [0.2, 0.25) is 0 Å².